The molecular weight excluding hydrogens is 150 g/mol. The summed E-state index contributed by atoms with van der Waals surface area (Å²) in [5.41, 5.74) is 0.358. The van der Waals surface area contributed by atoms with Crippen LogP contribution in [0.2, 0.25) is 0 Å². The predicted octanol–water partition coefficient (Wildman–Crippen LogP) is 1.49. The fraction of sp³-hybridized carbons (Fsp3) is 1.00. The molecule has 1 rings (SSSR count). The van der Waals surface area contributed by atoms with Crippen LogP contribution in [-0.4, -0.2) is 35.7 Å². The van der Waals surface area contributed by atoms with E-state index in [1.807, 2.05) is 0 Å². The SMILES string of the molecule is CC(C)(C)CN1CCC[C@H](O)C1. The van der Waals surface area contributed by atoms with Gasteiger partial charge in [0.1, 0.15) is 0 Å². The molecule has 1 aliphatic heterocycles. The van der Waals surface area contributed by atoms with E-state index in [2.05, 4.69) is 25.7 Å². The average molecular weight is 171 g/mol. The van der Waals surface area contributed by atoms with Gasteiger partial charge in [0, 0.05) is 13.1 Å². The second-order valence-corrected chi connectivity index (χ2v) is 5.09. The van der Waals surface area contributed by atoms with Crippen molar-refractivity contribution >= 4 is 0 Å². The first kappa shape index (κ1) is 10.0. The van der Waals surface area contributed by atoms with Crippen LogP contribution in [0.15, 0.2) is 0 Å². The maximum absolute atomic E-state index is 9.43. The second kappa shape index (κ2) is 3.75. The zero-order chi connectivity index (χ0) is 9.19. The topological polar surface area (TPSA) is 23.5 Å². The van der Waals surface area contributed by atoms with E-state index in [4.69, 9.17) is 0 Å². The van der Waals surface area contributed by atoms with Gasteiger partial charge in [-0.1, -0.05) is 20.8 Å². The number of piperidine rings is 1. The summed E-state index contributed by atoms with van der Waals surface area (Å²) in [6, 6.07) is 0. The minimum atomic E-state index is -0.0823. The summed E-state index contributed by atoms with van der Waals surface area (Å²) in [5, 5.41) is 9.43. The van der Waals surface area contributed by atoms with Crippen LogP contribution in [0.4, 0.5) is 0 Å². The van der Waals surface area contributed by atoms with E-state index in [-0.39, 0.29) is 6.10 Å². The van der Waals surface area contributed by atoms with Crippen molar-refractivity contribution < 1.29 is 5.11 Å². The van der Waals surface area contributed by atoms with Gasteiger partial charge in [0.25, 0.3) is 0 Å². The van der Waals surface area contributed by atoms with Crippen LogP contribution in [0.5, 0.6) is 0 Å². The smallest absolute Gasteiger partial charge is 0.0667 e. The van der Waals surface area contributed by atoms with E-state index >= 15 is 0 Å². The minimum absolute atomic E-state index is 0.0823. The molecule has 0 aliphatic carbocycles. The van der Waals surface area contributed by atoms with E-state index in [0.717, 1.165) is 32.5 Å². The largest absolute Gasteiger partial charge is 0.392 e. The lowest BCUT2D eigenvalue weighted by Crippen LogP contribution is -2.42. The van der Waals surface area contributed by atoms with Crippen LogP contribution in [0, 0.1) is 5.41 Å². The normalized spacial score (nSPS) is 27.5. The highest BCUT2D eigenvalue weighted by Gasteiger charge is 2.21. The first-order chi connectivity index (χ1) is 5.47. The van der Waals surface area contributed by atoms with Gasteiger partial charge in [-0.05, 0) is 24.8 Å². The summed E-state index contributed by atoms with van der Waals surface area (Å²) >= 11 is 0. The van der Waals surface area contributed by atoms with Gasteiger partial charge in [0.2, 0.25) is 0 Å². The van der Waals surface area contributed by atoms with Crippen LogP contribution >= 0.6 is 0 Å². The third kappa shape index (κ3) is 3.55. The van der Waals surface area contributed by atoms with Crippen LogP contribution in [0.1, 0.15) is 33.6 Å². The molecule has 2 heteroatoms. The Morgan fingerprint density at radius 3 is 2.58 bits per heavy atom. The van der Waals surface area contributed by atoms with E-state index < -0.39 is 0 Å². The molecule has 0 bridgehead atoms. The Bertz CT molecular complexity index is 139. The van der Waals surface area contributed by atoms with Crippen molar-refractivity contribution in [2.75, 3.05) is 19.6 Å². The minimum Gasteiger partial charge on any atom is -0.392 e. The maximum Gasteiger partial charge on any atom is 0.0667 e. The number of aliphatic hydroxyl groups excluding tert-OH is 1. The Hall–Kier alpha value is -0.0800. The van der Waals surface area contributed by atoms with E-state index in [1.54, 1.807) is 0 Å². The molecule has 1 atom stereocenters. The van der Waals surface area contributed by atoms with Gasteiger partial charge in [-0.3, -0.25) is 0 Å². The number of hydrogen-bond acceptors (Lipinski definition) is 2. The summed E-state index contributed by atoms with van der Waals surface area (Å²) in [7, 11) is 0. The molecule has 12 heavy (non-hydrogen) atoms. The van der Waals surface area contributed by atoms with Gasteiger partial charge in [0.15, 0.2) is 0 Å². The van der Waals surface area contributed by atoms with Crippen molar-refractivity contribution in [3.63, 3.8) is 0 Å². The lowest BCUT2D eigenvalue weighted by Gasteiger charge is -2.34. The number of β-amino-alcohol motifs (C(OH)–C–C–N with tert-alkyl or cyclic N) is 1. The molecule has 1 aliphatic rings. The van der Waals surface area contributed by atoms with Crippen molar-refractivity contribution in [2.24, 2.45) is 5.41 Å². The molecule has 0 amide bonds. The van der Waals surface area contributed by atoms with E-state index in [9.17, 15) is 5.11 Å². The van der Waals surface area contributed by atoms with Gasteiger partial charge in [-0.25, -0.2) is 0 Å². The molecule has 72 valence electrons. The third-order valence-electron chi connectivity index (χ3n) is 2.18. The summed E-state index contributed by atoms with van der Waals surface area (Å²) in [6.45, 7) is 9.87. The molecule has 0 radical (unpaired) electrons. The number of nitrogens with zero attached hydrogens (tertiary/aromatic N) is 1. The zero-order valence-corrected chi connectivity index (χ0v) is 8.51. The second-order valence-electron chi connectivity index (χ2n) is 5.09. The number of hydrogen-bond donors (Lipinski definition) is 1. The van der Waals surface area contributed by atoms with Gasteiger partial charge >= 0.3 is 0 Å². The van der Waals surface area contributed by atoms with Crippen molar-refractivity contribution in [3.8, 4) is 0 Å². The fourth-order valence-corrected chi connectivity index (χ4v) is 1.85. The summed E-state index contributed by atoms with van der Waals surface area (Å²) < 4.78 is 0. The third-order valence-corrected chi connectivity index (χ3v) is 2.18. The highest BCUT2D eigenvalue weighted by molar-refractivity contribution is 4.76. The summed E-state index contributed by atoms with van der Waals surface area (Å²) in [5.74, 6) is 0. The lowest BCUT2D eigenvalue weighted by molar-refractivity contribution is 0.0534. The first-order valence-corrected chi connectivity index (χ1v) is 4.88. The number of rotatable bonds is 1. The number of aliphatic hydroxyl groups is 1. The van der Waals surface area contributed by atoms with Crippen molar-refractivity contribution in [1.29, 1.82) is 0 Å². The predicted molar refractivity (Wildman–Crippen MR) is 51.1 cm³/mol. The van der Waals surface area contributed by atoms with Crippen molar-refractivity contribution in [3.05, 3.63) is 0 Å². The van der Waals surface area contributed by atoms with Gasteiger partial charge < -0.3 is 10.0 Å². The van der Waals surface area contributed by atoms with Crippen LogP contribution in [-0.2, 0) is 0 Å². The number of likely N-dealkylation sites (tertiary alicyclic amines) is 1. The van der Waals surface area contributed by atoms with Crippen molar-refractivity contribution in [1.82, 2.24) is 4.90 Å². The highest BCUT2D eigenvalue weighted by Crippen LogP contribution is 2.18. The molecule has 0 unspecified atom stereocenters. The quantitative estimate of drug-likeness (QED) is 0.646. The van der Waals surface area contributed by atoms with Gasteiger partial charge in [0.05, 0.1) is 6.10 Å². The molecule has 0 aromatic rings. The van der Waals surface area contributed by atoms with Crippen LogP contribution in [0.3, 0.4) is 0 Å². The molecule has 0 aromatic carbocycles. The zero-order valence-electron chi connectivity index (χ0n) is 8.51. The van der Waals surface area contributed by atoms with E-state index in [1.165, 1.54) is 0 Å². The molecule has 0 saturated carbocycles. The average Bonchev–Trinajstić information content (AvgIpc) is 1.82. The standard InChI is InChI=1S/C10H21NO/c1-10(2,3)8-11-6-4-5-9(12)7-11/h9,12H,4-8H2,1-3H3/t9-/m0/s1. The molecular formula is C10H21NO. The molecule has 2 nitrogen and oxygen atoms in total. The van der Waals surface area contributed by atoms with E-state index in [0.29, 0.717) is 5.41 Å². The molecule has 1 fully saturated rings. The Morgan fingerprint density at radius 2 is 2.08 bits per heavy atom. The first-order valence-electron chi connectivity index (χ1n) is 4.88. The van der Waals surface area contributed by atoms with Crippen LogP contribution < -0.4 is 0 Å². The monoisotopic (exact) mass is 171 g/mol. The molecule has 1 saturated heterocycles. The molecule has 1 N–H and O–H groups in total. The Kier molecular flexibility index (Phi) is 3.13. The molecule has 1 heterocycles. The maximum atomic E-state index is 9.43. The van der Waals surface area contributed by atoms with Gasteiger partial charge in [-0.2, -0.15) is 0 Å². The summed E-state index contributed by atoms with van der Waals surface area (Å²) in [4.78, 5) is 2.37. The Morgan fingerprint density at radius 1 is 1.42 bits per heavy atom. The molecule has 0 spiro atoms. The van der Waals surface area contributed by atoms with Crippen molar-refractivity contribution in [2.45, 2.75) is 39.7 Å². The summed E-state index contributed by atoms with van der Waals surface area (Å²) in [6.07, 6.45) is 2.05. The lowest BCUT2D eigenvalue weighted by atomic mass is 9.94. The Labute approximate surface area is 75.6 Å². The highest BCUT2D eigenvalue weighted by atomic mass is 16.3. The molecule has 0 aromatic heterocycles. The fourth-order valence-electron chi connectivity index (χ4n) is 1.85. The Balaban J connectivity index is 2.32. The van der Waals surface area contributed by atoms with Crippen LogP contribution in [0.25, 0.3) is 0 Å². The van der Waals surface area contributed by atoms with Gasteiger partial charge in [-0.15, -0.1) is 0 Å².